The van der Waals surface area contributed by atoms with E-state index in [-0.39, 0.29) is 0 Å². The highest BCUT2D eigenvalue weighted by atomic mass is 35.5. The van der Waals surface area contributed by atoms with Crippen molar-refractivity contribution in [2.75, 3.05) is 0 Å². The second-order valence-electron chi connectivity index (χ2n) is 2.88. The number of hydrogen-bond donors (Lipinski definition) is 0. The van der Waals surface area contributed by atoms with Crippen molar-refractivity contribution in [3.63, 3.8) is 0 Å². The first kappa shape index (κ1) is 9.56. The summed E-state index contributed by atoms with van der Waals surface area (Å²) >= 11 is 11.7. The van der Waals surface area contributed by atoms with Gasteiger partial charge in [-0.2, -0.15) is 0 Å². The number of alkyl halides is 1. The van der Waals surface area contributed by atoms with Crippen molar-refractivity contribution in [1.29, 1.82) is 0 Å². The first-order chi connectivity index (χ1) is 6.81. The Bertz CT molecular complexity index is 424. The maximum atomic E-state index is 5.91. The Morgan fingerprint density at radius 3 is 2.86 bits per heavy atom. The summed E-state index contributed by atoms with van der Waals surface area (Å²) in [6, 6.07) is 5.63. The molecule has 1 heterocycles. The van der Waals surface area contributed by atoms with E-state index < -0.39 is 0 Å². The van der Waals surface area contributed by atoms with Crippen LogP contribution in [-0.4, -0.2) is 9.55 Å². The van der Waals surface area contributed by atoms with Gasteiger partial charge in [-0.05, 0) is 17.7 Å². The molecule has 0 fully saturated rings. The summed E-state index contributed by atoms with van der Waals surface area (Å²) in [5, 5.41) is 0.697. The Kier molecular flexibility index (Phi) is 2.75. The minimum absolute atomic E-state index is 0.463. The minimum atomic E-state index is 0.463. The monoisotopic (exact) mass is 226 g/mol. The third-order valence-electron chi connectivity index (χ3n) is 1.97. The summed E-state index contributed by atoms with van der Waals surface area (Å²) in [7, 11) is 0. The Morgan fingerprint density at radius 2 is 2.21 bits per heavy atom. The van der Waals surface area contributed by atoms with E-state index in [1.807, 2.05) is 29.0 Å². The fourth-order valence-electron chi connectivity index (χ4n) is 1.29. The lowest BCUT2D eigenvalue weighted by atomic mass is 10.2. The van der Waals surface area contributed by atoms with Gasteiger partial charge < -0.3 is 4.57 Å². The predicted octanol–water partition coefficient (Wildman–Crippen LogP) is 3.26. The van der Waals surface area contributed by atoms with E-state index in [4.69, 9.17) is 23.2 Å². The van der Waals surface area contributed by atoms with Crippen LogP contribution in [-0.2, 0) is 5.88 Å². The number of rotatable bonds is 2. The van der Waals surface area contributed by atoms with Crippen molar-refractivity contribution in [3.05, 3.63) is 47.5 Å². The predicted molar refractivity (Wildman–Crippen MR) is 58.1 cm³/mol. The molecule has 0 saturated heterocycles. The third kappa shape index (κ3) is 1.76. The second kappa shape index (κ2) is 4.03. The smallest absolute Gasteiger partial charge is 0.0991 e. The van der Waals surface area contributed by atoms with Crippen LogP contribution < -0.4 is 0 Å². The maximum absolute atomic E-state index is 5.91. The van der Waals surface area contributed by atoms with Gasteiger partial charge in [-0.25, -0.2) is 4.98 Å². The minimum Gasteiger partial charge on any atom is -0.306 e. The van der Waals surface area contributed by atoms with Crippen LogP contribution in [0.3, 0.4) is 0 Å². The molecule has 2 aromatic rings. The van der Waals surface area contributed by atoms with Crippen molar-refractivity contribution in [1.82, 2.24) is 9.55 Å². The Labute approximate surface area is 92.1 Å². The van der Waals surface area contributed by atoms with Crippen molar-refractivity contribution in [3.8, 4) is 5.69 Å². The molecule has 2 nitrogen and oxygen atoms in total. The molecule has 4 heteroatoms. The van der Waals surface area contributed by atoms with E-state index in [0.717, 1.165) is 11.3 Å². The molecule has 0 bridgehead atoms. The molecule has 2 rings (SSSR count). The van der Waals surface area contributed by atoms with Crippen LogP contribution in [0.25, 0.3) is 5.69 Å². The highest BCUT2D eigenvalue weighted by Gasteiger charge is 2.03. The molecule has 1 aromatic carbocycles. The van der Waals surface area contributed by atoms with Gasteiger partial charge >= 0.3 is 0 Å². The van der Waals surface area contributed by atoms with E-state index in [1.54, 1.807) is 12.5 Å². The molecule has 0 aliphatic rings. The number of hydrogen-bond acceptors (Lipinski definition) is 1. The van der Waals surface area contributed by atoms with Crippen LogP contribution in [0.5, 0.6) is 0 Å². The van der Waals surface area contributed by atoms with Gasteiger partial charge in [0.15, 0.2) is 0 Å². The summed E-state index contributed by atoms with van der Waals surface area (Å²) < 4.78 is 1.89. The van der Waals surface area contributed by atoms with Crippen LogP contribution in [0.1, 0.15) is 5.56 Å². The topological polar surface area (TPSA) is 17.8 Å². The molecule has 0 aliphatic heterocycles. The second-order valence-corrected chi connectivity index (χ2v) is 3.58. The SMILES string of the molecule is ClCc1ccc(Cl)cc1-n1ccnc1. The van der Waals surface area contributed by atoms with Gasteiger partial charge in [0.05, 0.1) is 12.0 Å². The van der Waals surface area contributed by atoms with Gasteiger partial charge in [0, 0.05) is 23.3 Å². The number of halogens is 2. The molecule has 0 aliphatic carbocycles. The van der Waals surface area contributed by atoms with Crippen molar-refractivity contribution >= 4 is 23.2 Å². The van der Waals surface area contributed by atoms with Crippen molar-refractivity contribution in [2.24, 2.45) is 0 Å². The average molecular weight is 227 g/mol. The zero-order chi connectivity index (χ0) is 9.97. The third-order valence-corrected chi connectivity index (χ3v) is 2.50. The number of nitrogens with zero attached hydrogens (tertiary/aromatic N) is 2. The lowest BCUT2D eigenvalue weighted by molar-refractivity contribution is 1.04. The van der Waals surface area contributed by atoms with Gasteiger partial charge in [-0.3, -0.25) is 0 Å². The molecule has 1 aromatic heterocycles. The van der Waals surface area contributed by atoms with Gasteiger partial charge in [0.2, 0.25) is 0 Å². The van der Waals surface area contributed by atoms with Crippen LogP contribution in [0.4, 0.5) is 0 Å². The van der Waals surface area contributed by atoms with Gasteiger partial charge in [0.25, 0.3) is 0 Å². The lowest BCUT2D eigenvalue weighted by Gasteiger charge is -2.07. The highest BCUT2D eigenvalue weighted by molar-refractivity contribution is 6.30. The van der Waals surface area contributed by atoms with Crippen LogP contribution >= 0.6 is 23.2 Å². The van der Waals surface area contributed by atoms with Gasteiger partial charge in [-0.1, -0.05) is 17.7 Å². The number of benzene rings is 1. The van der Waals surface area contributed by atoms with Crippen molar-refractivity contribution in [2.45, 2.75) is 5.88 Å². The summed E-state index contributed by atoms with van der Waals surface area (Å²) in [6.45, 7) is 0. The molecular weight excluding hydrogens is 219 g/mol. The first-order valence-electron chi connectivity index (χ1n) is 4.14. The standard InChI is InChI=1S/C10H8Cl2N2/c11-6-8-1-2-9(12)5-10(8)14-4-3-13-7-14/h1-5,7H,6H2. The van der Waals surface area contributed by atoms with Gasteiger partial charge in [0.1, 0.15) is 0 Å². The quantitative estimate of drug-likeness (QED) is 0.720. The lowest BCUT2D eigenvalue weighted by Crippen LogP contribution is -1.95. The molecule has 0 atom stereocenters. The molecule has 14 heavy (non-hydrogen) atoms. The van der Waals surface area contributed by atoms with Crippen LogP contribution in [0.15, 0.2) is 36.9 Å². The largest absolute Gasteiger partial charge is 0.306 e. The fourth-order valence-corrected chi connectivity index (χ4v) is 1.68. The zero-order valence-electron chi connectivity index (χ0n) is 7.32. The molecule has 0 unspecified atom stereocenters. The van der Waals surface area contributed by atoms with Crippen LogP contribution in [0, 0.1) is 0 Å². The maximum Gasteiger partial charge on any atom is 0.0991 e. The molecule has 0 N–H and O–H groups in total. The molecule has 0 spiro atoms. The Balaban J connectivity index is 2.55. The molecule has 0 amide bonds. The Hall–Kier alpha value is -0.990. The normalized spacial score (nSPS) is 10.4. The summed E-state index contributed by atoms with van der Waals surface area (Å²) in [6.07, 6.45) is 5.31. The molecular formula is C10H8Cl2N2. The first-order valence-corrected chi connectivity index (χ1v) is 5.05. The zero-order valence-corrected chi connectivity index (χ0v) is 8.83. The summed E-state index contributed by atoms with van der Waals surface area (Å²) in [4.78, 5) is 3.98. The van der Waals surface area contributed by atoms with Gasteiger partial charge in [-0.15, -0.1) is 11.6 Å². The Morgan fingerprint density at radius 1 is 1.36 bits per heavy atom. The molecule has 0 radical (unpaired) electrons. The van der Waals surface area contributed by atoms with E-state index in [2.05, 4.69) is 4.98 Å². The fraction of sp³-hybridized carbons (Fsp3) is 0.100. The van der Waals surface area contributed by atoms with E-state index in [9.17, 15) is 0 Å². The molecule has 0 saturated carbocycles. The summed E-state index contributed by atoms with van der Waals surface area (Å²) in [5.41, 5.74) is 2.01. The van der Waals surface area contributed by atoms with E-state index in [1.165, 1.54) is 0 Å². The number of aromatic nitrogens is 2. The van der Waals surface area contributed by atoms with Crippen LogP contribution in [0.2, 0.25) is 5.02 Å². The molecule has 72 valence electrons. The van der Waals surface area contributed by atoms with E-state index in [0.29, 0.717) is 10.9 Å². The average Bonchev–Trinajstić information content (AvgIpc) is 2.70. The van der Waals surface area contributed by atoms with Crippen molar-refractivity contribution < 1.29 is 0 Å². The summed E-state index contributed by atoms with van der Waals surface area (Å²) in [5.74, 6) is 0.463. The van der Waals surface area contributed by atoms with E-state index >= 15 is 0 Å². The highest BCUT2D eigenvalue weighted by Crippen LogP contribution is 2.21. The number of imidazole rings is 1.